The van der Waals surface area contributed by atoms with Gasteiger partial charge in [0.25, 0.3) is 0 Å². The van der Waals surface area contributed by atoms with E-state index in [0.717, 1.165) is 32.4 Å². The number of nitrogens with one attached hydrogen (secondary N) is 1. The second-order valence-corrected chi connectivity index (χ2v) is 9.89. The second kappa shape index (κ2) is 24.4. The van der Waals surface area contributed by atoms with Gasteiger partial charge in [0.15, 0.2) is 0 Å². The first-order chi connectivity index (χ1) is 16.9. The van der Waals surface area contributed by atoms with Crippen molar-refractivity contribution in [3.05, 3.63) is 13.8 Å². The van der Waals surface area contributed by atoms with E-state index < -0.39 is 12.2 Å². The molecule has 0 bridgehead atoms. The lowest BCUT2D eigenvalue weighted by atomic mass is 10.0. The van der Waals surface area contributed by atoms with Crippen LogP contribution in [0.5, 0.6) is 0 Å². The first-order valence-electron chi connectivity index (χ1n) is 14.4. The third-order valence-corrected chi connectivity index (χ3v) is 6.42. The highest BCUT2D eigenvalue weighted by molar-refractivity contribution is 5.70. The molecule has 0 aliphatic heterocycles. The number of carbonyl (C=O) groups excluding carboxylic acids is 2. The summed E-state index contributed by atoms with van der Waals surface area (Å²) in [5.41, 5.74) is 0. The highest BCUT2D eigenvalue weighted by Crippen LogP contribution is 2.16. The lowest BCUT2D eigenvalue weighted by Gasteiger charge is -2.19. The maximum Gasteiger partial charge on any atom is 0.407 e. The molecule has 1 amide bonds. The minimum atomic E-state index is -0.619. The van der Waals surface area contributed by atoms with Gasteiger partial charge in [0.2, 0.25) is 0 Å². The van der Waals surface area contributed by atoms with Crippen molar-refractivity contribution in [3.8, 4) is 0 Å². The number of rotatable bonds is 24. The average Bonchev–Trinajstić information content (AvgIpc) is 2.81. The van der Waals surface area contributed by atoms with E-state index in [1.54, 1.807) is 0 Å². The largest absolute Gasteiger partial charge is 0.462 e. The van der Waals surface area contributed by atoms with Crippen molar-refractivity contribution in [1.29, 1.82) is 0 Å². The molecule has 1 N–H and O–H groups in total. The van der Waals surface area contributed by atoms with Crippen LogP contribution in [0.2, 0.25) is 0 Å². The molecule has 6 heteroatoms. The Balaban J connectivity index is 4.01. The molecular weight excluding hydrogens is 440 g/mol. The number of likely N-dealkylation sites (N-methyl/N-ethyl adjacent to an activating group) is 1. The van der Waals surface area contributed by atoms with Gasteiger partial charge in [-0.2, -0.15) is 0 Å². The maximum absolute atomic E-state index is 12.2. The summed E-state index contributed by atoms with van der Waals surface area (Å²) in [5, 5.41) is 2.81. The Morgan fingerprint density at radius 1 is 0.771 bits per heavy atom. The summed E-state index contributed by atoms with van der Waals surface area (Å²) < 4.78 is 10.6. The summed E-state index contributed by atoms with van der Waals surface area (Å²) in [4.78, 5) is 26.2. The molecule has 0 spiro atoms. The van der Waals surface area contributed by atoms with Gasteiger partial charge in [-0.3, -0.25) is 4.79 Å². The minimum absolute atomic E-state index is 0.205. The van der Waals surface area contributed by atoms with E-state index in [9.17, 15) is 9.59 Å². The first-order valence-corrected chi connectivity index (χ1v) is 14.4. The molecule has 0 saturated heterocycles. The van der Waals surface area contributed by atoms with E-state index in [0.29, 0.717) is 13.0 Å². The number of hydrogen-bond donors (Lipinski definition) is 1. The molecule has 0 aliphatic rings. The Bertz CT molecular complexity index is 499. The van der Waals surface area contributed by atoms with Crippen LogP contribution in [0, 0.1) is 13.8 Å². The van der Waals surface area contributed by atoms with Crippen LogP contribution in [-0.4, -0.2) is 55.9 Å². The lowest BCUT2D eigenvalue weighted by molar-refractivity contribution is -0.146. The van der Waals surface area contributed by atoms with Crippen LogP contribution in [0.25, 0.3) is 0 Å². The standard InChI is InChI=1S/C29H56N2O4/c1-6-8-9-10-11-12-13-14-15-16-17-18-19-20-21-27(22-23-28(32)34-26(3)4)35-29(33)30-24-25-31(5)7-2/h26-27H,3-4,6-25H2,1-2,5H3,(H,30,33). The molecule has 1 atom stereocenters. The molecule has 206 valence electrons. The van der Waals surface area contributed by atoms with Gasteiger partial charge in [0.1, 0.15) is 12.2 Å². The van der Waals surface area contributed by atoms with Crippen molar-refractivity contribution in [2.75, 3.05) is 26.7 Å². The van der Waals surface area contributed by atoms with Crippen molar-refractivity contribution in [2.24, 2.45) is 0 Å². The zero-order chi connectivity index (χ0) is 26.2. The predicted molar refractivity (Wildman–Crippen MR) is 146 cm³/mol. The SMILES string of the molecule is [CH2]C([CH2])OC(=O)CCC(CCCCCCCCCCCCCCCC)OC(=O)NCCN(C)CC. The molecule has 0 aromatic rings. The molecule has 0 aliphatic carbocycles. The topological polar surface area (TPSA) is 67.9 Å². The third-order valence-electron chi connectivity index (χ3n) is 6.42. The number of amides is 1. The van der Waals surface area contributed by atoms with Crippen molar-refractivity contribution in [1.82, 2.24) is 10.2 Å². The highest BCUT2D eigenvalue weighted by atomic mass is 16.6. The normalized spacial score (nSPS) is 12.2. The third kappa shape index (κ3) is 24.2. The van der Waals surface area contributed by atoms with E-state index in [1.807, 2.05) is 7.05 Å². The number of carbonyl (C=O) groups is 2. The Morgan fingerprint density at radius 2 is 1.29 bits per heavy atom. The van der Waals surface area contributed by atoms with E-state index in [-0.39, 0.29) is 18.5 Å². The zero-order valence-electron chi connectivity index (χ0n) is 23.3. The molecule has 35 heavy (non-hydrogen) atoms. The molecule has 0 saturated carbocycles. The summed E-state index contributed by atoms with van der Waals surface area (Å²) in [6, 6.07) is 0. The Labute approximate surface area is 217 Å². The molecule has 2 radical (unpaired) electrons. The van der Waals surface area contributed by atoms with Crippen LogP contribution in [0.4, 0.5) is 4.79 Å². The average molecular weight is 497 g/mol. The fourth-order valence-electron chi connectivity index (χ4n) is 4.05. The second-order valence-electron chi connectivity index (χ2n) is 9.89. The Hall–Kier alpha value is -1.30. The van der Waals surface area contributed by atoms with Crippen LogP contribution in [0.15, 0.2) is 0 Å². The van der Waals surface area contributed by atoms with E-state index >= 15 is 0 Å². The number of ether oxygens (including phenoxy) is 2. The monoisotopic (exact) mass is 496 g/mol. The summed E-state index contributed by atoms with van der Waals surface area (Å²) in [7, 11) is 2.01. The van der Waals surface area contributed by atoms with Gasteiger partial charge in [0.05, 0.1) is 0 Å². The molecule has 0 aromatic heterocycles. The van der Waals surface area contributed by atoms with Crippen molar-refractivity contribution in [2.45, 2.75) is 135 Å². The van der Waals surface area contributed by atoms with Crippen LogP contribution in [0.1, 0.15) is 123 Å². The summed E-state index contributed by atoms with van der Waals surface area (Å²) in [5.74, 6) is -0.348. The summed E-state index contributed by atoms with van der Waals surface area (Å²) in [6.45, 7) is 13.7. The molecule has 0 fully saturated rings. The minimum Gasteiger partial charge on any atom is -0.462 e. The lowest BCUT2D eigenvalue weighted by Crippen LogP contribution is -2.35. The predicted octanol–water partition coefficient (Wildman–Crippen LogP) is 7.26. The van der Waals surface area contributed by atoms with Gasteiger partial charge in [-0.25, -0.2) is 4.79 Å². The fraction of sp³-hybridized carbons (Fsp3) is 0.862. The number of esters is 1. The van der Waals surface area contributed by atoms with Gasteiger partial charge < -0.3 is 19.7 Å². The number of unbranched alkanes of at least 4 members (excludes halogenated alkanes) is 13. The van der Waals surface area contributed by atoms with Gasteiger partial charge in [-0.1, -0.05) is 97.3 Å². The van der Waals surface area contributed by atoms with Crippen molar-refractivity contribution >= 4 is 12.1 Å². The number of alkyl carbamates (subject to hydrolysis) is 1. The van der Waals surface area contributed by atoms with Gasteiger partial charge in [-0.05, 0) is 46.7 Å². The van der Waals surface area contributed by atoms with Crippen molar-refractivity contribution < 1.29 is 19.1 Å². The summed E-state index contributed by atoms with van der Waals surface area (Å²) >= 11 is 0. The Morgan fingerprint density at radius 3 is 1.77 bits per heavy atom. The van der Waals surface area contributed by atoms with Gasteiger partial charge >= 0.3 is 12.1 Å². The smallest absolute Gasteiger partial charge is 0.407 e. The number of hydrogen-bond acceptors (Lipinski definition) is 5. The zero-order valence-corrected chi connectivity index (χ0v) is 23.3. The van der Waals surface area contributed by atoms with Crippen molar-refractivity contribution in [3.63, 3.8) is 0 Å². The quantitative estimate of drug-likeness (QED) is 0.112. The molecule has 1 unspecified atom stereocenters. The molecule has 0 aromatic carbocycles. The van der Waals surface area contributed by atoms with E-state index in [2.05, 4.69) is 37.9 Å². The number of nitrogens with zero attached hydrogens (tertiary/aromatic N) is 1. The maximum atomic E-state index is 12.2. The van der Waals surface area contributed by atoms with Gasteiger partial charge in [-0.15, -0.1) is 0 Å². The van der Waals surface area contributed by atoms with Crippen LogP contribution in [-0.2, 0) is 14.3 Å². The highest BCUT2D eigenvalue weighted by Gasteiger charge is 2.17. The Kier molecular flexibility index (Phi) is 23.5. The van der Waals surface area contributed by atoms with Crippen LogP contribution >= 0.6 is 0 Å². The van der Waals surface area contributed by atoms with E-state index in [4.69, 9.17) is 9.47 Å². The van der Waals surface area contributed by atoms with Crippen LogP contribution in [0.3, 0.4) is 0 Å². The van der Waals surface area contributed by atoms with Gasteiger partial charge in [0, 0.05) is 19.5 Å². The van der Waals surface area contributed by atoms with Crippen LogP contribution < -0.4 is 5.32 Å². The molecule has 6 nitrogen and oxygen atoms in total. The molecule has 0 rings (SSSR count). The summed E-state index contributed by atoms with van der Waals surface area (Å²) in [6.07, 6.45) is 18.5. The fourth-order valence-corrected chi connectivity index (χ4v) is 4.05. The first kappa shape index (κ1) is 33.7. The molecular formula is C29H56N2O4. The van der Waals surface area contributed by atoms with E-state index in [1.165, 1.54) is 77.0 Å². The molecule has 0 heterocycles.